The van der Waals surface area contributed by atoms with Gasteiger partial charge in [0.25, 0.3) is 0 Å². The van der Waals surface area contributed by atoms with Crippen molar-refractivity contribution in [1.82, 2.24) is 24.6 Å². The van der Waals surface area contributed by atoms with Crippen molar-refractivity contribution in [3.8, 4) is 5.69 Å². The number of rotatable bonds is 11. The van der Waals surface area contributed by atoms with Gasteiger partial charge < -0.3 is 0 Å². The van der Waals surface area contributed by atoms with Gasteiger partial charge in [0.05, 0.1) is 18.3 Å². The highest BCUT2D eigenvalue weighted by Crippen LogP contribution is 2.32. The Kier molecular flexibility index (Phi) is 8.27. The van der Waals surface area contributed by atoms with Crippen LogP contribution in [-0.4, -0.2) is 57.5 Å². The van der Waals surface area contributed by atoms with Gasteiger partial charge in [-0.05, 0) is 76.2 Å². The van der Waals surface area contributed by atoms with E-state index in [0.29, 0.717) is 33.4 Å². The lowest BCUT2D eigenvalue weighted by atomic mass is 10.0. The van der Waals surface area contributed by atoms with Crippen LogP contribution in [0.3, 0.4) is 0 Å². The molecule has 0 bridgehead atoms. The van der Waals surface area contributed by atoms with E-state index in [2.05, 4.69) is 33.8 Å². The zero-order chi connectivity index (χ0) is 25.1. The van der Waals surface area contributed by atoms with Gasteiger partial charge >= 0.3 is 0 Å². The summed E-state index contributed by atoms with van der Waals surface area (Å²) < 4.78 is 2.05. The van der Waals surface area contributed by atoms with Crippen molar-refractivity contribution in [2.24, 2.45) is 5.92 Å². The molecule has 1 unspecified atom stereocenters. The summed E-state index contributed by atoms with van der Waals surface area (Å²) in [5.74, 6) is 2.26. The number of hydrogen-bond donors (Lipinski definition) is 0. The summed E-state index contributed by atoms with van der Waals surface area (Å²) in [6.07, 6.45) is 3.43. The minimum Gasteiger partial charge on any atom is -0.300 e. The van der Waals surface area contributed by atoms with E-state index in [0.717, 1.165) is 37.1 Å². The maximum absolute atomic E-state index is 13.7. The Morgan fingerprint density at radius 1 is 1.09 bits per heavy atom. The van der Waals surface area contributed by atoms with Crippen LogP contribution in [0.4, 0.5) is 0 Å². The molecule has 6 nitrogen and oxygen atoms in total. The molecule has 4 rings (SSSR count). The largest absolute Gasteiger partial charge is 0.300 e. The molecule has 1 aliphatic carbocycles. The molecule has 0 saturated heterocycles. The molecule has 1 heterocycles. The zero-order valence-electron chi connectivity index (χ0n) is 20.8. The lowest BCUT2D eigenvalue weighted by molar-refractivity contribution is 0.103. The van der Waals surface area contributed by atoms with Gasteiger partial charge in [0.1, 0.15) is 0 Å². The zero-order valence-corrected chi connectivity index (χ0v) is 22.4. The van der Waals surface area contributed by atoms with Crippen LogP contribution in [0.25, 0.3) is 5.69 Å². The first-order valence-electron chi connectivity index (χ1n) is 12.3. The molecule has 1 atom stereocenters. The normalized spacial score (nSPS) is 14.6. The van der Waals surface area contributed by atoms with Gasteiger partial charge in [-0.25, -0.2) is 0 Å². The number of hydrogen-bond acceptors (Lipinski definition) is 5. The van der Waals surface area contributed by atoms with Crippen molar-refractivity contribution in [3.63, 3.8) is 0 Å². The van der Waals surface area contributed by atoms with E-state index < -0.39 is 0 Å². The minimum atomic E-state index is -0.118. The summed E-state index contributed by atoms with van der Waals surface area (Å²) in [6.45, 7) is 6.93. The Balaban J connectivity index is 1.86. The predicted octanol–water partition coefficient (Wildman–Crippen LogP) is 6.05. The Morgan fingerprint density at radius 3 is 2.46 bits per heavy atom. The SMILES string of the molecule is CCC(c1nnc(CN(CC)CC2CC2)n1-c1cc(Cl)ccc1C(=O)c1cccc(Cl)c1)N(C)C. The molecular formula is C27H33Cl2N5O. The van der Waals surface area contributed by atoms with Gasteiger partial charge in [-0.15, -0.1) is 10.2 Å². The molecule has 0 spiro atoms. The number of carbonyl (C=O) groups is 1. The second-order valence-corrected chi connectivity index (χ2v) is 10.3. The van der Waals surface area contributed by atoms with E-state index in [4.69, 9.17) is 23.2 Å². The van der Waals surface area contributed by atoms with Crippen molar-refractivity contribution in [2.45, 2.75) is 45.7 Å². The molecule has 1 saturated carbocycles. The smallest absolute Gasteiger partial charge is 0.195 e. The summed E-state index contributed by atoms with van der Waals surface area (Å²) in [5, 5.41) is 10.4. The van der Waals surface area contributed by atoms with E-state index in [1.165, 1.54) is 12.8 Å². The molecule has 186 valence electrons. The van der Waals surface area contributed by atoms with Crippen LogP contribution < -0.4 is 0 Å². The number of benzene rings is 2. The first-order valence-corrected chi connectivity index (χ1v) is 13.0. The molecule has 35 heavy (non-hydrogen) atoms. The average molecular weight is 515 g/mol. The van der Waals surface area contributed by atoms with Crippen LogP contribution in [0.15, 0.2) is 42.5 Å². The third kappa shape index (κ3) is 5.95. The number of ketones is 1. The number of carbonyl (C=O) groups excluding carboxylic acids is 1. The maximum atomic E-state index is 13.7. The fourth-order valence-corrected chi connectivity index (χ4v) is 4.88. The van der Waals surface area contributed by atoms with Crippen molar-refractivity contribution >= 4 is 29.0 Å². The first kappa shape index (κ1) is 25.8. The van der Waals surface area contributed by atoms with Gasteiger partial charge in [-0.2, -0.15) is 0 Å². The van der Waals surface area contributed by atoms with E-state index >= 15 is 0 Å². The van der Waals surface area contributed by atoms with Crippen molar-refractivity contribution < 1.29 is 4.79 Å². The highest BCUT2D eigenvalue weighted by molar-refractivity contribution is 6.31. The standard InChI is InChI=1S/C27H33Cl2N5O/c1-5-23(32(3)4)27-31-30-25(17-33(6-2)16-18-10-11-18)34(27)24-15-21(29)12-13-22(24)26(35)19-8-7-9-20(28)14-19/h7-9,12-15,18,23H,5-6,10-11,16-17H2,1-4H3. The Labute approximate surface area is 217 Å². The molecule has 8 heteroatoms. The fourth-order valence-electron chi connectivity index (χ4n) is 4.53. The van der Waals surface area contributed by atoms with Crippen LogP contribution in [0.5, 0.6) is 0 Å². The van der Waals surface area contributed by atoms with Gasteiger partial charge in [0.2, 0.25) is 0 Å². The number of halogens is 2. The monoisotopic (exact) mass is 513 g/mol. The van der Waals surface area contributed by atoms with Crippen molar-refractivity contribution in [2.75, 3.05) is 27.2 Å². The molecule has 0 N–H and O–H groups in total. The summed E-state index contributed by atoms with van der Waals surface area (Å²) in [4.78, 5) is 18.2. The highest BCUT2D eigenvalue weighted by Gasteiger charge is 2.29. The van der Waals surface area contributed by atoms with Crippen LogP contribution in [0.1, 0.15) is 66.7 Å². The van der Waals surface area contributed by atoms with Crippen molar-refractivity contribution in [1.29, 1.82) is 0 Å². The Hall–Kier alpha value is -2.25. The fraction of sp³-hybridized carbons (Fsp3) is 0.444. The Bertz CT molecular complexity index is 1190. The molecule has 0 aliphatic heterocycles. The first-order chi connectivity index (χ1) is 16.8. The number of aromatic nitrogens is 3. The summed E-state index contributed by atoms with van der Waals surface area (Å²) in [6, 6.07) is 12.4. The summed E-state index contributed by atoms with van der Waals surface area (Å²) in [5.41, 5.74) is 1.76. The van der Waals surface area contributed by atoms with Crippen LogP contribution in [-0.2, 0) is 6.54 Å². The number of nitrogens with zero attached hydrogens (tertiary/aromatic N) is 5. The highest BCUT2D eigenvalue weighted by atomic mass is 35.5. The van der Waals surface area contributed by atoms with E-state index in [9.17, 15) is 4.79 Å². The average Bonchev–Trinajstić information content (AvgIpc) is 3.56. The van der Waals surface area contributed by atoms with Crippen LogP contribution in [0.2, 0.25) is 10.0 Å². The molecular weight excluding hydrogens is 481 g/mol. The third-order valence-electron chi connectivity index (χ3n) is 6.62. The van der Waals surface area contributed by atoms with Crippen molar-refractivity contribution in [3.05, 3.63) is 75.3 Å². The van der Waals surface area contributed by atoms with E-state index in [1.54, 1.807) is 36.4 Å². The van der Waals surface area contributed by atoms with Gasteiger partial charge in [0.15, 0.2) is 17.4 Å². The maximum Gasteiger partial charge on any atom is 0.195 e. The Morgan fingerprint density at radius 2 is 1.83 bits per heavy atom. The molecule has 1 aliphatic rings. The predicted molar refractivity (Wildman–Crippen MR) is 142 cm³/mol. The quantitative estimate of drug-likeness (QED) is 0.292. The second-order valence-electron chi connectivity index (χ2n) is 9.47. The van der Waals surface area contributed by atoms with Crippen LogP contribution in [0, 0.1) is 5.92 Å². The lowest BCUT2D eigenvalue weighted by Gasteiger charge is -2.25. The van der Waals surface area contributed by atoms with E-state index in [-0.39, 0.29) is 11.8 Å². The van der Waals surface area contributed by atoms with Gasteiger partial charge in [-0.3, -0.25) is 19.2 Å². The third-order valence-corrected chi connectivity index (χ3v) is 7.09. The van der Waals surface area contributed by atoms with Crippen LogP contribution >= 0.6 is 23.2 Å². The van der Waals surface area contributed by atoms with E-state index in [1.807, 2.05) is 24.7 Å². The minimum absolute atomic E-state index is 0.0304. The summed E-state index contributed by atoms with van der Waals surface area (Å²) >= 11 is 12.7. The van der Waals surface area contributed by atoms with Gasteiger partial charge in [-0.1, -0.05) is 49.2 Å². The molecule has 2 aromatic carbocycles. The molecule has 0 radical (unpaired) electrons. The lowest BCUT2D eigenvalue weighted by Crippen LogP contribution is -2.28. The molecule has 0 amide bonds. The summed E-state index contributed by atoms with van der Waals surface area (Å²) in [7, 11) is 4.07. The van der Waals surface area contributed by atoms with Gasteiger partial charge in [0, 0.05) is 27.7 Å². The molecule has 3 aromatic rings. The second kappa shape index (κ2) is 11.2. The molecule has 1 fully saturated rings. The topological polar surface area (TPSA) is 54.3 Å². The molecule has 1 aromatic heterocycles.